The molecular weight excluding hydrogens is 220 g/mol. The lowest BCUT2D eigenvalue weighted by Gasteiger charge is -2.20. The van der Waals surface area contributed by atoms with E-state index in [1.807, 2.05) is 24.0 Å². The van der Waals surface area contributed by atoms with Gasteiger partial charge in [-0.05, 0) is 44.9 Å². The van der Waals surface area contributed by atoms with E-state index in [0.29, 0.717) is 18.5 Å². The molecule has 1 aromatic heterocycles. The minimum Gasteiger partial charge on any atom is -0.335 e. The zero-order valence-corrected chi connectivity index (χ0v) is 10.6. The highest BCUT2D eigenvalue weighted by Crippen LogP contribution is 2.26. The minimum absolute atomic E-state index is 0.168. The van der Waals surface area contributed by atoms with Crippen molar-refractivity contribution in [3.63, 3.8) is 0 Å². The Bertz CT molecular complexity index is 388. The van der Waals surface area contributed by atoms with E-state index >= 15 is 0 Å². The maximum absolute atomic E-state index is 12.2. The smallest absolute Gasteiger partial charge is 0.264 e. The fraction of sp³-hybridized carbons (Fsp3) is 0.583. The van der Waals surface area contributed by atoms with Crippen molar-refractivity contribution in [2.75, 3.05) is 13.1 Å². The normalized spacial score (nSPS) is 25.1. The Morgan fingerprint density at radius 1 is 1.62 bits per heavy atom. The number of hydrogen-bond acceptors (Lipinski definition) is 3. The number of aryl methyl sites for hydroxylation is 1. The fourth-order valence-electron chi connectivity index (χ4n) is 2.29. The molecule has 88 valence electrons. The number of rotatable bonds is 2. The highest BCUT2D eigenvalue weighted by molar-refractivity contribution is 7.13. The standard InChI is InChI=1S/C12H18N2OS/c1-8-5-10(6-13)7-14(8)12(15)11-4-3-9(2)16-11/h3-4,8,10H,5-7,13H2,1-2H3. The van der Waals surface area contributed by atoms with Gasteiger partial charge in [-0.1, -0.05) is 0 Å². The summed E-state index contributed by atoms with van der Waals surface area (Å²) >= 11 is 1.57. The molecule has 2 N–H and O–H groups in total. The lowest BCUT2D eigenvalue weighted by atomic mass is 10.1. The van der Waals surface area contributed by atoms with Crippen LogP contribution in [-0.2, 0) is 0 Å². The van der Waals surface area contributed by atoms with Crippen LogP contribution in [0.15, 0.2) is 12.1 Å². The third-order valence-corrected chi connectivity index (χ3v) is 4.20. The lowest BCUT2D eigenvalue weighted by Crippen LogP contribution is -2.33. The number of nitrogens with two attached hydrogens (primary N) is 1. The van der Waals surface area contributed by atoms with Gasteiger partial charge in [0.25, 0.3) is 5.91 Å². The largest absolute Gasteiger partial charge is 0.335 e. The Morgan fingerprint density at radius 2 is 2.38 bits per heavy atom. The Morgan fingerprint density at radius 3 is 2.88 bits per heavy atom. The van der Waals surface area contributed by atoms with Gasteiger partial charge in [0.1, 0.15) is 0 Å². The molecule has 0 saturated carbocycles. The first-order valence-electron chi connectivity index (χ1n) is 5.69. The molecule has 3 nitrogen and oxygen atoms in total. The zero-order chi connectivity index (χ0) is 11.7. The first-order chi connectivity index (χ1) is 7.61. The van der Waals surface area contributed by atoms with E-state index in [0.717, 1.165) is 17.8 Å². The Hall–Kier alpha value is -0.870. The van der Waals surface area contributed by atoms with Crippen LogP contribution in [-0.4, -0.2) is 29.9 Å². The summed E-state index contributed by atoms with van der Waals surface area (Å²) in [5.41, 5.74) is 5.67. The average Bonchev–Trinajstić information content (AvgIpc) is 2.83. The highest BCUT2D eigenvalue weighted by Gasteiger charge is 2.32. The minimum atomic E-state index is 0.168. The molecule has 2 atom stereocenters. The predicted molar refractivity (Wildman–Crippen MR) is 66.7 cm³/mol. The zero-order valence-electron chi connectivity index (χ0n) is 9.77. The van der Waals surface area contributed by atoms with E-state index in [9.17, 15) is 4.79 Å². The van der Waals surface area contributed by atoms with Crippen molar-refractivity contribution in [1.29, 1.82) is 0 Å². The van der Waals surface area contributed by atoms with E-state index in [-0.39, 0.29) is 5.91 Å². The van der Waals surface area contributed by atoms with Crippen LogP contribution < -0.4 is 5.73 Å². The second-order valence-electron chi connectivity index (χ2n) is 4.55. The molecule has 1 saturated heterocycles. The SMILES string of the molecule is Cc1ccc(C(=O)N2CC(CN)CC2C)s1. The van der Waals surface area contributed by atoms with Crippen molar-refractivity contribution in [3.8, 4) is 0 Å². The fourth-order valence-corrected chi connectivity index (χ4v) is 3.11. The molecule has 2 rings (SSSR count). The molecule has 4 heteroatoms. The van der Waals surface area contributed by atoms with Gasteiger partial charge < -0.3 is 10.6 Å². The van der Waals surface area contributed by atoms with Gasteiger partial charge in [0, 0.05) is 17.5 Å². The van der Waals surface area contributed by atoms with Crippen molar-refractivity contribution < 1.29 is 4.79 Å². The van der Waals surface area contributed by atoms with Crippen molar-refractivity contribution in [1.82, 2.24) is 4.90 Å². The molecule has 2 heterocycles. The Kier molecular flexibility index (Phi) is 3.30. The molecule has 0 bridgehead atoms. The first kappa shape index (κ1) is 11.6. The second kappa shape index (κ2) is 4.55. The molecule has 1 aromatic rings. The summed E-state index contributed by atoms with van der Waals surface area (Å²) in [5.74, 6) is 0.640. The van der Waals surface area contributed by atoms with Gasteiger partial charge >= 0.3 is 0 Å². The maximum Gasteiger partial charge on any atom is 0.264 e. The lowest BCUT2D eigenvalue weighted by molar-refractivity contribution is 0.0748. The van der Waals surface area contributed by atoms with Crippen LogP contribution in [0.25, 0.3) is 0 Å². The quantitative estimate of drug-likeness (QED) is 0.855. The van der Waals surface area contributed by atoms with Crippen LogP contribution in [0.1, 0.15) is 27.9 Å². The van der Waals surface area contributed by atoms with Crippen LogP contribution >= 0.6 is 11.3 Å². The van der Waals surface area contributed by atoms with Crippen LogP contribution in [0.3, 0.4) is 0 Å². The van der Waals surface area contributed by atoms with Crippen molar-refractivity contribution >= 4 is 17.2 Å². The van der Waals surface area contributed by atoms with E-state index < -0.39 is 0 Å². The monoisotopic (exact) mass is 238 g/mol. The molecule has 16 heavy (non-hydrogen) atoms. The van der Waals surface area contributed by atoms with E-state index in [1.54, 1.807) is 11.3 Å². The third kappa shape index (κ3) is 2.13. The molecule has 0 radical (unpaired) electrons. The molecule has 1 fully saturated rings. The molecule has 1 aliphatic rings. The molecular formula is C12H18N2OS. The number of amides is 1. The topological polar surface area (TPSA) is 46.3 Å². The summed E-state index contributed by atoms with van der Waals surface area (Å²) in [6.07, 6.45) is 1.03. The number of likely N-dealkylation sites (tertiary alicyclic amines) is 1. The van der Waals surface area contributed by atoms with Crippen LogP contribution in [0.2, 0.25) is 0 Å². The average molecular weight is 238 g/mol. The summed E-state index contributed by atoms with van der Waals surface area (Å²) < 4.78 is 0. The summed E-state index contributed by atoms with van der Waals surface area (Å²) in [7, 11) is 0. The summed E-state index contributed by atoms with van der Waals surface area (Å²) in [5, 5.41) is 0. The summed E-state index contributed by atoms with van der Waals surface area (Å²) in [4.78, 5) is 16.2. The van der Waals surface area contributed by atoms with Crippen molar-refractivity contribution in [2.45, 2.75) is 26.3 Å². The highest BCUT2D eigenvalue weighted by atomic mass is 32.1. The van der Waals surface area contributed by atoms with Crippen molar-refractivity contribution in [3.05, 3.63) is 21.9 Å². The predicted octanol–water partition coefficient (Wildman–Crippen LogP) is 1.87. The molecule has 0 aromatic carbocycles. The van der Waals surface area contributed by atoms with Gasteiger partial charge in [-0.15, -0.1) is 11.3 Å². The molecule has 0 spiro atoms. The van der Waals surface area contributed by atoms with Gasteiger partial charge in [-0.2, -0.15) is 0 Å². The Balaban J connectivity index is 2.11. The molecule has 1 amide bonds. The maximum atomic E-state index is 12.2. The second-order valence-corrected chi connectivity index (χ2v) is 5.84. The number of carbonyl (C=O) groups is 1. The number of carbonyl (C=O) groups excluding carboxylic acids is 1. The summed E-state index contributed by atoms with van der Waals surface area (Å²) in [6, 6.07) is 4.24. The van der Waals surface area contributed by atoms with Crippen LogP contribution in [0.4, 0.5) is 0 Å². The van der Waals surface area contributed by atoms with Gasteiger partial charge in [0.05, 0.1) is 4.88 Å². The van der Waals surface area contributed by atoms with Crippen LogP contribution in [0.5, 0.6) is 0 Å². The number of thiophene rings is 1. The van der Waals surface area contributed by atoms with Crippen molar-refractivity contribution in [2.24, 2.45) is 11.7 Å². The van der Waals surface area contributed by atoms with E-state index in [2.05, 4.69) is 6.92 Å². The first-order valence-corrected chi connectivity index (χ1v) is 6.51. The molecule has 1 aliphatic heterocycles. The third-order valence-electron chi connectivity index (χ3n) is 3.21. The van der Waals surface area contributed by atoms with Gasteiger partial charge in [-0.25, -0.2) is 0 Å². The number of nitrogens with zero attached hydrogens (tertiary/aromatic N) is 1. The van der Waals surface area contributed by atoms with Gasteiger partial charge in [0.15, 0.2) is 0 Å². The Labute approximate surface area is 100 Å². The van der Waals surface area contributed by atoms with Gasteiger partial charge in [0.2, 0.25) is 0 Å². The summed E-state index contributed by atoms with van der Waals surface area (Å²) in [6.45, 7) is 5.62. The van der Waals surface area contributed by atoms with E-state index in [1.165, 1.54) is 4.88 Å². The number of hydrogen-bond donors (Lipinski definition) is 1. The van der Waals surface area contributed by atoms with Crippen LogP contribution in [0, 0.1) is 12.8 Å². The van der Waals surface area contributed by atoms with E-state index in [4.69, 9.17) is 5.73 Å². The molecule has 0 aliphatic carbocycles. The van der Waals surface area contributed by atoms with Gasteiger partial charge in [-0.3, -0.25) is 4.79 Å². The molecule has 2 unspecified atom stereocenters.